The van der Waals surface area contributed by atoms with Crippen LogP contribution in [-0.2, 0) is 20.9 Å². The number of morpholine rings is 1. The van der Waals surface area contributed by atoms with E-state index in [2.05, 4.69) is 4.90 Å². The number of piperidine rings is 1. The fourth-order valence-corrected chi connectivity index (χ4v) is 3.74. The summed E-state index contributed by atoms with van der Waals surface area (Å²) in [6.07, 6.45) is 1.19. The fourth-order valence-electron chi connectivity index (χ4n) is 3.74. The third-order valence-electron chi connectivity index (χ3n) is 5.17. The number of hydrogen-bond donors (Lipinski definition) is 1. The van der Waals surface area contributed by atoms with Crippen molar-refractivity contribution < 1.29 is 23.8 Å². The van der Waals surface area contributed by atoms with Gasteiger partial charge in [-0.05, 0) is 25.5 Å². The number of aliphatic hydroxyl groups is 1. The Morgan fingerprint density at radius 3 is 2.85 bits per heavy atom. The molecule has 2 fully saturated rings. The van der Waals surface area contributed by atoms with Crippen molar-refractivity contribution in [3.8, 4) is 0 Å². The number of ether oxygens (including phenoxy) is 2. The number of rotatable bonds is 7. The molecule has 0 saturated carbocycles. The number of likely N-dealkylation sites (tertiary alicyclic amines) is 1. The number of benzene rings is 1. The summed E-state index contributed by atoms with van der Waals surface area (Å²) >= 11 is 0. The third-order valence-corrected chi connectivity index (χ3v) is 5.17. The van der Waals surface area contributed by atoms with E-state index in [9.17, 15) is 14.3 Å². The van der Waals surface area contributed by atoms with E-state index in [1.807, 2.05) is 4.90 Å². The molecule has 2 unspecified atom stereocenters. The Labute approximate surface area is 159 Å². The van der Waals surface area contributed by atoms with Crippen LogP contribution in [0, 0.1) is 11.7 Å². The molecule has 2 aliphatic rings. The number of nitrogens with zero attached hydrogens (tertiary/aromatic N) is 2. The third kappa shape index (κ3) is 5.97. The minimum Gasteiger partial charge on any atom is -0.389 e. The van der Waals surface area contributed by atoms with E-state index in [1.54, 1.807) is 18.2 Å². The molecular weight excluding hydrogens is 351 g/mol. The summed E-state index contributed by atoms with van der Waals surface area (Å²) in [6.45, 7) is 4.85. The van der Waals surface area contributed by atoms with Crippen molar-refractivity contribution >= 4 is 5.91 Å². The number of carbonyl (C=O) groups is 1. The van der Waals surface area contributed by atoms with Gasteiger partial charge in [-0.25, -0.2) is 4.39 Å². The summed E-state index contributed by atoms with van der Waals surface area (Å²) in [5.74, 6) is -0.107. The van der Waals surface area contributed by atoms with E-state index in [0.29, 0.717) is 45.0 Å². The van der Waals surface area contributed by atoms with Crippen LogP contribution in [-0.4, -0.2) is 79.5 Å². The summed E-state index contributed by atoms with van der Waals surface area (Å²) < 4.78 is 24.3. The van der Waals surface area contributed by atoms with Gasteiger partial charge in [-0.15, -0.1) is 0 Å². The van der Waals surface area contributed by atoms with Crippen LogP contribution in [0.25, 0.3) is 0 Å². The summed E-state index contributed by atoms with van der Waals surface area (Å²) in [6, 6.07) is 6.47. The Morgan fingerprint density at radius 2 is 2.07 bits per heavy atom. The second kappa shape index (κ2) is 10.1. The Balaban J connectivity index is 1.40. The van der Waals surface area contributed by atoms with Crippen LogP contribution in [0.15, 0.2) is 24.3 Å². The molecule has 0 spiro atoms. The van der Waals surface area contributed by atoms with Gasteiger partial charge in [0, 0.05) is 31.7 Å². The average Bonchev–Trinajstić information content (AvgIpc) is 2.70. The number of aliphatic hydroxyl groups excluding tert-OH is 1. The van der Waals surface area contributed by atoms with Crippen LogP contribution in [0.3, 0.4) is 0 Å². The molecule has 6 nitrogen and oxygen atoms in total. The predicted molar refractivity (Wildman–Crippen MR) is 98.6 cm³/mol. The van der Waals surface area contributed by atoms with E-state index < -0.39 is 6.10 Å². The second-order valence-electron chi connectivity index (χ2n) is 7.30. The van der Waals surface area contributed by atoms with Gasteiger partial charge >= 0.3 is 0 Å². The van der Waals surface area contributed by atoms with Crippen molar-refractivity contribution in [2.24, 2.45) is 5.92 Å². The molecule has 1 amide bonds. The summed E-state index contributed by atoms with van der Waals surface area (Å²) in [4.78, 5) is 16.7. The van der Waals surface area contributed by atoms with Crippen LogP contribution >= 0.6 is 0 Å². The monoisotopic (exact) mass is 380 g/mol. The molecule has 0 aromatic heterocycles. The molecule has 27 heavy (non-hydrogen) atoms. The lowest BCUT2D eigenvalue weighted by Gasteiger charge is -2.36. The second-order valence-corrected chi connectivity index (χ2v) is 7.30. The molecular formula is C20H29FN2O4. The quantitative estimate of drug-likeness (QED) is 0.772. The van der Waals surface area contributed by atoms with E-state index in [4.69, 9.17) is 9.47 Å². The first kappa shape index (κ1) is 20.2. The van der Waals surface area contributed by atoms with Crippen molar-refractivity contribution in [2.75, 3.05) is 52.5 Å². The van der Waals surface area contributed by atoms with Gasteiger partial charge in [0.05, 0.1) is 38.4 Å². The lowest BCUT2D eigenvalue weighted by molar-refractivity contribution is -0.141. The molecule has 2 heterocycles. The van der Waals surface area contributed by atoms with Crippen LogP contribution < -0.4 is 0 Å². The lowest BCUT2D eigenvalue weighted by Crippen LogP contribution is -2.49. The zero-order valence-electron chi connectivity index (χ0n) is 15.7. The topological polar surface area (TPSA) is 62.2 Å². The average molecular weight is 380 g/mol. The molecule has 0 radical (unpaired) electrons. The minimum absolute atomic E-state index is 0.0108. The molecule has 1 aromatic carbocycles. The van der Waals surface area contributed by atoms with Crippen molar-refractivity contribution in [1.82, 2.24) is 9.80 Å². The van der Waals surface area contributed by atoms with Crippen LogP contribution in [0.2, 0.25) is 0 Å². The molecule has 0 aliphatic carbocycles. The van der Waals surface area contributed by atoms with Crippen molar-refractivity contribution in [3.05, 3.63) is 35.6 Å². The van der Waals surface area contributed by atoms with Crippen LogP contribution in [0.4, 0.5) is 4.39 Å². The fraction of sp³-hybridized carbons (Fsp3) is 0.650. The molecule has 150 valence electrons. The molecule has 1 aromatic rings. The summed E-state index contributed by atoms with van der Waals surface area (Å²) in [5, 5.41) is 10.3. The normalized spacial score (nSPS) is 22.6. The molecule has 2 aliphatic heterocycles. The van der Waals surface area contributed by atoms with Crippen molar-refractivity contribution in [2.45, 2.75) is 25.6 Å². The first-order valence-electron chi connectivity index (χ1n) is 9.71. The number of carbonyl (C=O) groups excluding carboxylic acids is 1. The van der Waals surface area contributed by atoms with E-state index in [0.717, 1.165) is 19.4 Å². The van der Waals surface area contributed by atoms with Gasteiger partial charge in [0.1, 0.15) is 5.82 Å². The summed E-state index contributed by atoms with van der Waals surface area (Å²) in [7, 11) is 0. The first-order valence-corrected chi connectivity index (χ1v) is 9.71. The highest BCUT2D eigenvalue weighted by molar-refractivity contribution is 5.79. The maximum absolute atomic E-state index is 13.6. The summed E-state index contributed by atoms with van der Waals surface area (Å²) in [5.41, 5.74) is 0.485. The highest BCUT2D eigenvalue weighted by Gasteiger charge is 2.30. The number of amides is 1. The SMILES string of the molecule is O=C(C1CCCN(CC(O)COCc2ccccc2F)C1)N1CCOCC1. The van der Waals surface area contributed by atoms with Crippen LogP contribution in [0.5, 0.6) is 0 Å². The molecule has 1 N–H and O–H groups in total. The Hall–Kier alpha value is -1.54. The predicted octanol–water partition coefficient (Wildman–Crippen LogP) is 1.27. The Morgan fingerprint density at radius 1 is 1.30 bits per heavy atom. The Bertz CT molecular complexity index is 609. The van der Waals surface area contributed by atoms with Gasteiger partial charge in [-0.1, -0.05) is 18.2 Å². The van der Waals surface area contributed by atoms with Gasteiger partial charge in [-0.2, -0.15) is 0 Å². The largest absolute Gasteiger partial charge is 0.389 e. The zero-order valence-corrected chi connectivity index (χ0v) is 15.7. The van der Waals surface area contributed by atoms with Gasteiger partial charge in [0.25, 0.3) is 0 Å². The van der Waals surface area contributed by atoms with Crippen molar-refractivity contribution in [1.29, 1.82) is 0 Å². The van der Waals surface area contributed by atoms with E-state index >= 15 is 0 Å². The van der Waals surface area contributed by atoms with Crippen LogP contribution in [0.1, 0.15) is 18.4 Å². The Kier molecular flexibility index (Phi) is 7.58. The maximum Gasteiger partial charge on any atom is 0.227 e. The molecule has 2 atom stereocenters. The first-order chi connectivity index (χ1) is 13.1. The van der Waals surface area contributed by atoms with Gasteiger partial charge < -0.3 is 19.5 Å². The van der Waals surface area contributed by atoms with Crippen molar-refractivity contribution in [3.63, 3.8) is 0 Å². The molecule has 7 heteroatoms. The standard InChI is InChI=1S/C20H29FN2O4/c21-19-6-2-1-4-17(19)14-27-15-18(24)13-22-7-3-5-16(12-22)20(25)23-8-10-26-11-9-23/h1-2,4,6,16,18,24H,3,5,7-15H2. The van der Waals surface area contributed by atoms with E-state index in [1.165, 1.54) is 6.07 Å². The number of hydrogen-bond acceptors (Lipinski definition) is 5. The van der Waals surface area contributed by atoms with E-state index in [-0.39, 0.29) is 30.9 Å². The van der Waals surface area contributed by atoms with Gasteiger partial charge in [-0.3, -0.25) is 9.69 Å². The number of β-amino-alcohol motifs (C(OH)–C–C–N with tert-alkyl or cyclic N) is 1. The highest BCUT2D eigenvalue weighted by atomic mass is 19.1. The maximum atomic E-state index is 13.6. The molecule has 3 rings (SSSR count). The zero-order chi connectivity index (χ0) is 19.1. The lowest BCUT2D eigenvalue weighted by atomic mass is 9.96. The van der Waals surface area contributed by atoms with Gasteiger partial charge in [0.2, 0.25) is 5.91 Å². The minimum atomic E-state index is -0.658. The highest BCUT2D eigenvalue weighted by Crippen LogP contribution is 2.20. The molecule has 0 bridgehead atoms. The smallest absolute Gasteiger partial charge is 0.227 e. The van der Waals surface area contributed by atoms with Gasteiger partial charge in [0.15, 0.2) is 0 Å². The number of halogens is 1. The molecule has 2 saturated heterocycles.